The minimum absolute atomic E-state index is 0.0313. The maximum Gasteiger partial charge on any atom is 0.336 e. The van der Waals surface area contributed by atoms with Gasteiger partial charge in [0.25, 0.3) is 0 Å². The fraction of sp³-hybridized carbons (Fsp3) is 0.250. The zero-order valence-corrected chi connectivity index (χ0v) is 16.0. The van der Waals surface area contributed by atoms with Gasteiger partial charge in [0.05, 0.1) is 5.69 Å². The Hall–Kier alpha value is -2.86. The van der Waals surface area contributed by atoms with Crippen molar-refractivity contribution in [1.29, 1.82) is 0 Å². The number of hydrogen-bond acceptors (Lipinski definition) is 5. The first kappa shape index (κ1) is 18.9. The summed E-state index contributed by atoms with van der Waals surface area (Å²) in [7, 11) is 1.72. The molecule has 1 aromatic carbocycles. The molecule has 2 heterocycles. The Balaban J connectivity index is 1.77. The third-order valence-corrected chi connectivity index (χ3v) is 4.70. The molecule has 0 aliphatic rings. The predicted octanol–water partition coefficient (Wildman–Crippen LogP) is 3.81. The van der Waals surface area contributed by atoms with Gasteiger partial charge in [-0.25, -0.2) is 9.59 Å². The summed E-state index contributed by atoms with van der Waals surface area (Å²) in [5.41, 5.74) is 3.04. The van der Waals surface area contributed by atoms with Gasteiger partial charge >= 0.3 is 11.6 Å². The average Bonchev–Trinajstić information content (AvgIpc) is 2.88. The molecule has 0 atom stereocenters. The fourth-order valence-electron chi connectivity index (χ4n) is 2.80. The van der Waals surface area contributed by atoms with E-state index in [1.165, 1.54) is 16.8 Å². The van der Waals surface area contributed by atoms with E-state index in [1.54, 1.807) is 20.0 Å². The van der Waals surface area contributed by atoms with E-state index in [0.717, 1.165) is 17.4 Å². The van der Waals surface area contributed by atoms with Crippen LogP contribution in [0.5, 0.6) is 0 Å². The number of aryl methyl sites for hydroxylation is 3. The average molecular weight is 387 g/mol. The van der Waals surface area contributed by atoms with Crippen LogP contribution in [0.1, 0.15) is 29.3 Å². The molecule has 0 bridgehead atoms. The molecule has 0 aliphatic heterocycles. The van der Waals surface area contributed by atoms with E-state index in [9.17, 15) is 9.59 Å². The number of carbonyl (C=O) groups excluding carboxylic acids is 1. The first-order valence-corrected chi connectivity index (χ1v) is 8.86. The van der Waals surface area contributed by atoms with Gasteiger partial charge in [0.1, 0.15) is 17.3 Å². The Morgan fingerprint density at radius 3 is 2.81 bits per heavy atom. The van der Waals surface area contributed by atoms with E-state index in [-0.39, 0.29) is 6.61 Å². The number of nitrogens with zero attached hydrogens (tertiary/aromatic N) is 2. The Morgan fingerprint density at radius 2 is 2.15 bits per heavy atom. The van der Waals surface area contributed by atoms with Crippen LogP contribution in [0.3, 0.4) is 0 Å². The topological polar surface area (TPSA) is 74.3 Å². The summed E-state index contributed by atoms with van der Waals surface area (Å²) < 4.78 is 12.1. The molecular weight excluding hydrogens is 368 g/mol. The Labute approximate surface area is 161 Å². The molecule has 140 valence electrons. The number of halogens is 1. The summed E-state index contributed by atoms with van der Waals surface area (Å²) in [5.74, 6) is -0.541. The van der Waals surface area contributed by atoms with E-state index in [4.69, 9.17) is 20.8 Å². The lowest BCUT2D eigenvalue weighted by Crippen LogP contribution is -2.06. The summed E-state index contributed by atoms with van der Waals surface area (Å²) in [6.45, 7) is 3.79. The summed E-state index contributed by atoms with van der Waals surface area (Å²) in [6, 6.07) is 7.00. The molecule has 2 aromatic heterocycles. The van der Waals surface area contributed by atoms with Crippen molar-refractivity contribution in [3.63, 3.8) is 0 Å². The first-order chi connectivity index (χ1) is 12.9. The van der Waals surface area contributed by atoms with Crippen LogP contribution in [0.25, 0.3) is 17.0 Å². The van der Waals surface area contributed by atoms with Gasteiger partial charge in [-0.2, -0.15) is 5.10 Å². The normalized spacial score (nSPS) is 11.4. The second-order valence-corrected chi connectivity index (χ2v) is 6.49. The number of ether oxygens (including phenoxy) is 1. The number of rotatable bonds is 5. The zero-order chi connectivity index (χ0) is 19.6. The fourth-order valence-corrected chi connectivity index (χ4v) is 3.04. The molecule has 27 heavy (non-hydrogen) atoms. The van der Waals surface area contributed by atoms with E-state index in [2.05, 4.69) is 5.10 Å². The minimum atomic E-state index is -0.541. The lowest BCUT2D eigenvalue weighted by molar-refractivity contribution is -0.138. The van der Waals surface area contributed by atoms with E-state index in [1.807, 2.05) is 25.1 Å². The quantitative estimate of drug-likeness (QED) is 0.378. The number of esters is 1. The van der Waals surface area contributed by atoms with E-state index >= 15 is 0 Å². The number of hydrogen-bond donors (Lipinski definition) is 0. The molecule has 7 heteroatoms. The zero-order valence-electron chi connectivity index (χ0n) is 15.3. The van der Waals surface area contributed by atoms with Crippen LogP contribution in [-0.4, -0.2) is 15.7 Å². The third-order valence-electron chi connectivity index (χ3n) is 4.26. The monoisotopic (exact) mass is 386 g/mol. The van der Waals surface area contributed by atoms with Crippen LogP contribution in [0.15, 0.2) is 39.6 Å². The van der Waals surface area contributed by atoms with Gasteiger partial charge in [-0.05, 0) is 31.1 Å². The van der Waals surface area contributed by atoms with E-state index in [0.29, 0.717) is 27.6 Å². The summed E-state index contributed by atoms with van der Waals surface area (Å²) in [5, 5.41) is 5.36. The number of fused-ring (bicyclic) bond motifs is 1. The molecule has 0 unspecified atom stereocenters. The number of benzene rings is 1. The minimum Gasteiger partial charge on any atom is -0.458 e. The third kappa shape index (κ3) is 4.11. The van der Waals surface area contributed by atoms with Crippen LogP contribution >= 0.6 is 11.6 Å². The van der Waals surface area contributed by atoms with Crippen LogP contribution < -0.4 is 5.63 Å². The van der Waals surface area contributed by atoms with Gasteiger partial charge in [-0.15, -0.1) is 0 Å². The molecule has 3 rings (SSSR count). The molecule has 0 saturated heterocycles. The molecule has 0 amide bonds. The highest BCUT2D eigenvalue weighted by atomic mass is 35.5. The second kappa shape index (κ2) is 7.80. The lowest BCUT2D eigenvalue weighted by Gasteiger charge is -2.07. The SMILES string of the molecule is CCc1ccc2c(COC(=O)/C=C\c3c(C)nn(C)c3Cl)cc(=O)oc2c1. The Morgan fingerprint density at radius 1 is 1.37 bits per heavy atom. The molecule has 0 fully saturated rings. The maximum atomic E-state index is 12.1. The molecule has 3 aromatic rings. The van der Waals surface area contributed by atoms with E-state index < -0.39 is 11.6 Å². The van der Waals surface area contributed by atoms with Crippen molar-refractivity contribution < 1.29 is 13.9 Å². The summed E-state index contributed by atoms with van der Waals surface area (Å²) in [6.07, 6.45) is 3.69. The Kier molecular flexibility index (Phi) is 5.46. The number of aromatic nitrogens is 2. The molecule has 0 radical (unpaired) electrons. The lowest BCUT2D eigenvalue weighted by atomic mass is 10.1. The van der Waals surface area contributed by atoms with Crippen molar-refractivity contribution in [2.45, 2.75) is 26.9 Å². The van der Waals surface area contributed by atoms with Crippen molar-refractivity contribution >= 4 is 34.6 Å². The van der Waals surface area contributed by atoms with Gasteiger partial charge in [-0.1, -0.05) is 30.7 Å². The van der Waals surface area contributed by atoms with Gasteiger partial charge in [0, 0.05) is 35.7 Å². The largest absolute Gasteiger partial charge is 0.458 e. The van der Waals surface area contributed by atoms with Gasteiger partial charge in [-0.3, -0.25) is 4.68 Å². The molecule has 0 saturated carbocycles. The van der Waals surface area contributed by atoms with Crippen molar-refractivity contribution in [1.82, 2.24) is 9.78 Å². The summed E-state index contributed by atoms with van der Waals surface area (Å²) >= 11 is 6.13. The van der Waals surface area contributed by atoms with Crippen molar-refractivity contribution in [3.05, 3.63) is 68.3 Å². The predicted molar refractivity (Wildman–Crippen MR) is 104 cm³/mol. The van der Waals surface area contributed by atoms with Crippen LogP contribution in [-0.2, 0) is 29.6 Å². The molecule has 6 nitrogen and oxygen atoms in total. The van der Waals surface area contributed by atoms with Crippen LogP contribution in [0.4, 0.5) is 0 Å². The second-order valence-electron chi connectivity index (χ2n) is 6.13. The molecule has 0 aliphatic carbocycles. The molecule has 0 spiro atoms. The molecular formula is C20H19ClN2O4. The number of carbonyl (C=O) groups is 1. The highest BCUT2D eigenvalue weighted by Crippen LogP contribution is 2.21. The van der Waals surface area contributed by atoms with Crippen molar-refractivity contribution in [2.75, 3.05) is 0 Å². The standard InChI is InChI=1S/C20H19ClN2O4/c1-4-13-5-6-16-14(10-19(25)27-17(16)9-13)11-26-18(24)8-7-15-12(2)22-23(3)20(15)21/h5-10H,4,11H2,1-3H3/b8-7-. The van der Waals surface area contributed by atoms with Gasteiger partial charge in [0.15, 0.2) is 0 Å². The first-order valence-electron chi connectivity index (χ1n) is 8.48. The maximum absolute atomic E-state index is 12.1. The van der Waals surface area contributed by atoms with Gasteiger partial charge in [0.2, 0.25) is 0 Å². The summed E-state index contributed by atoms with van der Waals surface area (Å²) in [4.78, 5) is 23.9. The van der Waals surface area contributed by atoms with Crippen molar-refractivity contribution in [3.8, 4) is 0 Å². The smallest absolute Gasteiger partial charge is 0.336 e. The van der Waals surface area contributed by atoms with Crippen LogP contribution in [0, 0.1) is 6.92 Å². The van der Waals surface area contributed by atoms with Gasteiger partial charge < -0.3 is 9.15 Å². The highest BCUT2D eigenvalue weighted by molar-refractivity contribution is 6.31. The molecule has 0 N–H and O–H groups in total. The Bertz CT molecular complexity index is 1100. The van der Waals surface area contributed by atoms with Crippen molar-refractivity contribution in [2.24, 2.45) is 7.05 Å². The van der Waals surface area contributed by atoms with Crippen LogP contribution in [0.2, 0.25) is 5.15 Å². The highest BCUT2D eigenvalue weighted by Gasteiger charge is 2.10.